The molecule has 0 aromatic carbocycles. The first-order chi connectivity index (χ1) is 10.9. The Labute approximate surface area is 137 Å². The van der Waals surface area contributed by atoms with Gasteiger partial charge in [0.25, 0.3) is 0 Å². The molecule has 2 saturated carbocycles. The number of methoxy groups -OCH3 is 1. The van der Waals surface area contributed by atoms with E-state index in [2.05, 4.69) is 12.2 Å². The van der Waals surface area contributed by atoms with Crippen molar-refractivity contribution in [3.05, 3.63) is 0 Å². The summed E-state index contributed by atoms with van der Waals surface area (Å²) in [6, 6.07) is 1.42. The smallest absolute Gasteiger partial charge is 0.237 e. The molecular weight excluding hydrogens is 297 g/mol. The van der Waals surface area contributed by atoms with Crippen molar-refractivity contribution in [3.8, 4) is 6.07 Å². The molecule has 6 heteroatoms. The second-order valence-corrected chi connectivity index (χ2v) is 7.70. The lowest BCUT2D eigenvalue weighted by Gasteiger charge is -2.29. The van der Waals surface area contributed by atoms with Gasteiger partial charge < -0.3 is 15.0 Å². The Kier molecular flexibility index (Phi) is 4.61. The van der Waals surface area contributed by atoms with Crippen LogP contribution in [0.25, 0.3) is 0 Å². The molecule has 1 N–H and O–H groups in total. The second-order valence-electron chi connectivity index (χ2n) is 7.70. The summed E-state index contributed by atoms with van der Waals surface area (Å²) in [6.45, 7) is 2.41. The maximum atomic E-state index is 13.4. The summed E-state index contributed by atoms with van der Waals surface area (Å²) in [5.74, 6) is 1.17. The summed E-state index contributed by atoms with van der Waals surface area (Å²) in [5.41, 5.74) is -0.0410. The van der Waals surface area contributed by atoms with Gasteiger partial charge in [-0.05, 0) is 44.4 Å². The van der Waals surface area contributed by atoms with Crippen LogP contribution < -0.4 is 5.32 Å². The van der Waals surface area contributed by atoms with E-state index in [-0.39, 0.29) is 31.0 Å². The van der Waals surface area contributed by atoms with Crippen molar-refractivity contribution in [1.82, 2.24) is 10.2 Å². The molecule has 3 fully saturated rings. The van der Waals surface area contributed by atoms with Crippen LogP contribution in [0.2, 0.25) is 0 Å². The Morgan fingerprint density at radius 3 is 2.61 bits per heavy atom. The summed E-state index contributed by atoms with van der Waals surface area (Å²) in [7, 11) is 1.78. The number of alkyl halides is 1. The monoisotopic (exact) mass is 323 g/mol. The van der Waals surface area contributed by atoms with Gasteiger partial charge in [0.05, 0.1) is 25.3 Å². The van der Waals surface area contributed by atoms with E-state index in [1.54, 1.807) is 7.11 Å². The quantitative estimate of drug-likeness (QED) is 0.854. The molecule has 1 saturated heterocycles. The van der Waals surface area contributed by atoms with Gasteiger partial charge in [-0.3, -0.25) is 4.79 Å². The lowest BCUT2D eigenvalue weighted by Crippen LogP contribution is -2.48. The Hall–Kier alpha value is -1.19. The van der Waals surface area contributed by atoms with Crippen LogP contribution in [0.4, 0.5) is 4.39 Å². The van der Waals surface area contributed by atoms with Crippen LogP contribution in [-0.2, 0) is 9.53 Å². The van der Waals surface area contributed by atoms with Gasteiger partial charge in [-0.15, -0.1) is 0 Å². The van der Waals surface area contributed by atoms with Crippen LogP contribution in [-0.4, -0.2) is 54.9 Å². The topological polar surface area (TPSA) is 65.4 Å². The molecule has 0 aromatic rings. The van der Waals surface area contributed by atoms with E-state index in [1.807, 2.05) is 6.07 Å². The van der Waals surface area contributed by atoms with Crippen LogP contribution in [0, 0.1) is 23.2 Å². The zero-order valence-electron chi connectivity index (χ0n) is 13.9. The van der Waals surface area contributed by atoms with Crippen molar-refractivity contribution in [2.75, 3.05) is 20.2 Å². The largest absolute Gasteiger partial charge is 0.381 e. The van der Waals surface area contributed by atoms with E-state index >= 15 is 0 Å². The Morgan fingerprint density at radius 1 is 1.39 bits per heavy atom. The van der Waals surface area contributed by atoms with Gasteiger partial charge in [-0.1, -0.05) is 0 Å². The van der Waals surface area contributed by atoms with Gasteiger partial charge in [-0.2, -0.15) is 5.26 Å². The minimum Gasteiger partial charge on any atom is -0.381 e. The number of rotatable bonds is 4. The number of carbonyl (C=O) groups excluding carboxylic acids is 1. The molecule has 1 amide bonds. The standard InChI is InChI=1S/C17H26FN3O2/c1-17(6-11-3-15(23-2)4-12(11)7-17)20-9-16(22)21-10-13(18)5-14(21)8-19/h11-15,20H,3-7,9-10H2,1-2H3/t11-,12+,13-,14-,15-,17+/m0/s1. The van der Waals surface area contributed by atoms with Gasteiger partial charge in [0.15, 0.2) is 0 Å². The molecule has 3 rings (SSSR count). The average molecular weight is 323 g/mol. The number of carbonyl (C=O) groups is 1. The van der Waals surface area contributed by atoms with Crippen LogP contribution in [0.1, 0.15) is 39.0 Å². The average Bonchev–Trinajstić information content (AvgIpc) is 3.15. The number of nitriles is 1. The van der Waals surface area contributed by atoms with Crippen molar-refractivity contribution in [2.24, 2.45) is 11.8 Å². The summed E-state index contributed by atoms with van der Waals surface area (Å²) in [5, 5.41) is 12.4. The third-order valence-corrected chi connectivity index (χ3v) is 5.94. The number of likely N-dealkylation sites (tertiary alicyclic amines) is 1. The van der Waals surface area contributed by atoms with Crippen molar-refractivity contribution < 1.29 is 13.9 Å². The third kappa shape index (κ3) is 3.36. The number of nitrogens with zero attached hydrogens (tertiary/aromatic N) is 2. The maximum Gasteiger partial charge on any atom is 0.237 e. The molecule has 128 valence electrons. The fraction of sp³-hybridized carbons (Fsp3) is 0.882. The summed E-state index contributed by atoms with van der Waals surface area (Å²) < 4.78 is 18.9. The molecule has 0 unspecified atom stereocenters. The van der Waals surface area contributed by atoms with E-state index in [1.165, 1.54) is 4.90 Å². The molecule has 1 heterocycles. The number of ether oxygens (including phenoxy) is 1. The molecule has 5 nitrogen and oxygen atoms in total. The van der Waals surface area contributed by atoms with Gasteiger partial charge in [0.1, 0.15) is 12.2 Å². The lowest BCUT2D eigenvalue weighted by atomic mass is 9.95. The molecule has 0 radical (unpaired) electrons. The summed E-state index contributed by atoms with van der Waals surface area (Å²) >= 11 is 0. The predicted octanol–water partition coefficient (Wildman–Crippen LogP) is 1.63. The van der Waals surface area contributed by atoms with Crippen LogP contribution in [0.15, 0.2) is 0 Å². The molecule has 0 bridgehead atoms. The zero-order valence-corrected chi connectivity index (χ0v) is 13.9. The molecule has 23 heavy (non-hydrogen) atoms. The van der Waals surface area contributed by atoms with Crippen LogP contribution in [0.3, 0.4) is 0 Å². The van der Waals surface area contributed by atoms with E-state index < -0.39 is 12.2 Å². The number of nitrogens with one attached hydrogen (secondary N) is 1. The van der Waals surface area contributed by atoms with E-state index in [0.717, 1.165) is 25.7 Å². The predicted molar refractivity (Wildman–Crippen MR) is 83.3 cm³/mol. The number of hydrogen-bond donors (Lipinski definition) is 1. The van der Waals surface area contributed by atoms with Crippen LogP contribution in [0.5, 0.6) is 0 Å². The molecule has 6 atom stereocenters. The van der Waals surface area contributed by atoms with Gasteiger partial charge in [0.2, 0.25) is 5.91 Å². The minimum absolute atomic E-state index is 0.0410. The highest BCUT2D eigenvalue weighted by Crippen LogP contribution is 2.49. The van der Waals surface area contributed by atoms with Gasteiger partial charge in [0, 0.05) is 19.1 Å². The molecule has 2 aliphatic carbocycles. The van der Waals surface area contributed by atoms with Gasteiger partial charge in [-0.25, -0.2) is 4.39 Å². The number of halogens is 1. The first kappa shape index (κ1) is 16.7. The highest BCUT2D eigenvalue weighted by Gasteiger charge is 2.47. The Balaban J connectivity index is 1.51. The van der Waals surface area contributed by atoms with E-state index in [0.29, 0.717) is 17.9 Å². The number of hydrogen-bond acceptors (Lipinski definition) is 4. The van der Waals surface area contributed by atoms with E-state index in [9.17, 15) is 9.18 Å². The first-order valence-electron chi connectivity index (χ1n) is 8.55. The minimum atomic E-state index is -1.07. The van der Waals surface area contributed by atoms with Crippen molar-refractivity contribution in [1.29, 1.82) is 5.26 Å². The summed E-state index contributed by atoms with van der Waals surface area (Å²) in [6.07, 6.45) is 3.78. The fourth-order valence-electron chi connectivity index (χ4n) is 4.81. The van der Waals surface area contributed by atoms with Crippen molar-refractivity contribution in [3.63, 3.8) is 0 Å². The highest BCUT2D eigenvalue weighted by atomic mass is 19.1. The maximum absolute atomic E-state index is 13.4. The third-order valence-electron chi connectivity index (χ3n) is 5.94. The van der Waals surface area contributed by atoms with Gasteiger partial charge >= 0.3 is 0 Å². The van der Waals surface area contributed by atoms with Crippen LogP contribution >= 0.6 is 0 Å². The molecule has 1 aliphatic heterocycles. The fourth-order valence-corrected chi connectivity index (χ4v) is 4.81. The van der Waals surface area contributed by atoms with E-state index in [4.69, 9.17) is 10.00 Å². The normalized spacial score (nSPS) is 42.7. The first-order valence-corrected chi connectivity index (χ1v) is 8.55. The van der Waals surface area contributed by atoms with Crippen molar-refractivity contribution >= 4 is 5.91 Å². The molecule has 3 aliphatic rings. The SMILES string of the molecule is CO[C@@H]1C[C@@H]2C[C@](C)(NCC(=O)N3C[C@@H](F)C[C@H]3C#N)C[C@@H]2C1. The second kappa shape index (κ2) is 6.37. The summed E-state index contributed by atoms with van der Waals surface area (Å²) in [4.78, 5) is 13.7. The Morgan fingerprint density at radius 2 is 2.04 bits per heavy atom. The highest BCUT2D eigenvalue weighted by molar-refractivity contribution is 5.79. The molecule has 0 aromatic heterocycles. The zero-order chi connectivity index (χ0) is 16.6. The number of fused-ring (bicyclic) bond motifs is 1. The Bertz CT molecular complexity index is 493. The molecular formula is C17H26FN3O2. The lowest BCUT2D eigenvalue weighted by molar-refractivity contribution is -0.130. The molecule has 0 spiro atoms. The number of amides is 1. The van der Waals surface area contributed by atoms with Crippen molar-refractivity contribution in [2.45, 2.75) is 62.9 Å².